The van der Waals surface area contributed by atoms with Crippen LogP contribution in [0.4, 0.5) is 13.2 Å². The zero-order valence-corrected chi connectivity index (χ0v) is 11.9. The standard InChI is InChI=1S/C17H13F3O2/c1-2-3-9-4-5-10-6-11-7-12(8-21)13(18)15(20)17(11)22-16(10)14(9)19/h4-5,7-8H,2-3,6H2,1H3. The molecule has 114 valence electrons. The number of halogens is 3. The fourth-order valence-corrected chi connectivity index (χ4v) is 2.67. The Balaban J connectivity index is 2.12. The Bertz CT molecular complexity index is 769. The number of aryl methyl sites for hydroxylation is 1. The number of ether oxygens (including phenoxy) is 1. The van der Waals surface area contributed by atoms with Crippen LogP contribution in [-0.2, 0) is 12.8 Å². The lowest BCUT2D eigenvalue weighted by molar-refractivity contribution is 0.111. The molecule has 0 saturated carbocycles. The maximum absolute atomic E-state index is 14.4. The SMILES string of the molecule is CCCc1ccc2c(c1F)Oc1c(cc(C=O)c(F)c1F)C2. The monoisotopic (exact) mass is 306 g/mol. The third-order valence-electron chi connectivity index (χ3n) is 3.76. The van der Waals surface area contributed by atoms with Gasteiger partial charge in [0, 0.05) is 17.5 Å². The number of benzene rings is 2. The summed E-state index contributed by atoms with van der Waals surface area (Å²) >= 11 is 0. The summed E-state index contributed by atoms with van der Waals surface area (Å²) in [5, 5.41) is 0. The lowest BCUT2D eigenvalue weighted by Gasteiger charge is -2.22. The molecule has 3 rings (SSSR count). The minimum atomic E-state index is -1.28. The van der Waals surface area contributed by atoms with Crippen molar-refractivity contribution < 1.29 is 22.7 Å². The highest BCUT2D eigenvalue weighted by atomic mass is 19.2. The van der Waals surface area contributed by atoms with Crippen molar-refractivity contribution in [3.8, 4) is 11.5 Å². The summed E-state index contributed by atoms with van der Waals surface area (Å²) in [6.45, 7) is 1.92. The van der Waals surface area contributed by atoms with Crippen molar-refractivity contribution in [1.82, 2.24) is 0 Å². The number of carbonyl (C=O) groups is 1. The second-order valence-corrected chi connectivity index (χ2v) is 5.26. The van der Waals surface area contributed by atoms with Crippen LogP contribution < -0.4 is 4.74 Å². The molecule has 0 N–H and O–H groups in total. The molecule has 0 radical (unpaired) electrons. The van der Waals surface area contributed by atoms with Crippen molar-refractivity contribution in [3.63, 3.8) is 0 Å². The summed E-state index contributed by atoms with van der Waals surface area (Å²) in [5.41, 5.74) is 0.991. The third kappa shape index (κ3) is 2.17. The van der Waals surface area contributed by atoms with Gasteiger partial charge in [-0.3, -0.25) is 4.79 Å². The Hall–Kier alpha value is -2.30. The van der Waals surface area contributed by atoms with E-state index in [0.717, 1.165) is 6.42 Å². The molecule has 0 atom stereocenters. The summed E-state index contributed by atoms with van der Waals surface area (Å²) in [4.78, 5) is 10.8. The summed E-state index contributed by atoms with van der Waals surface area (Å²) in [5.74, 6) is -3.48. The van der Waals surface area contributed by atoms with Crippen molar-refractivity contribution in [2.24, 2.45) is 0 Å². The molecule has 0 saturated heterocycles. The maximum Gasteiger partial charge on any atom is 0.202 e. The Morgan fingerprint density at radius 3 is 2.50 bits per heavy atom. The topological polar surface area (TPSA) is 26.3 Å². The Kier molecular flexibility index (Phi) is 3.64. The zero-order valence-electron chi connectivity index (χ0n) is 11.9. The fourth-order valence-electron chi connectivity index (χ4n) is 2.67. The van der Waals surface area contributed by atoms with Crippen LogP contribution in [0.3, 0.4) is 0 Å². The minimum absolute atomic E-state index is 0.0596. The van der Waals surface area contributed by atoms with Crippen LogP contribution in [-0.4, -0.2) is 6.29 Å². The molecular weight excluding hydrogens is 293 g/mol. The van der Waals surface area contributed by atoms with Crippen LogP contribution >= 0.6 is 0 Å². The van der Waals surface area contributed by atoms with Gasteiger partial charge in [-0.05, 0) is 18.1 Å². The molecule has 0 aliphatic carbocycles. The van der Waals surface area contributed by atoms with Crippen LogP contribution in [0.25, 0.3) is 0 Å². The van der Waals surface area contributed by atoms with Gasteiger partial charge >= 0.3 is 0 Å². The molecule has 1 aliphatic heterocycles. The van der Waals surface area contributed by atoms with Crippen LogP contribution in [0.2, 0.25) is 0 Å². The molecule has 5 heteroatoms. The molecule has 0 bridgehead atoms. The number of carbonyl (C=O) groups excluding carboxylic acids is 1. The average molecular weight is 306 g/mol. The Morgan fingerprint density at radius 2 is 1.82 bits per heavy atom. The zero-order chi connectivity index (χ0) is 15.9. The molecule has 0 fully saturated rings. The van der Waals surface area contributed by atoms with Crippen LogP contribution in [0.5, 0.6) is 11.5 Å². The van der Waals surface area contributed by atoms with Crippen LogP contribution in [0.15, 0.2) is 18.2 Å². The molecule has 22 heavy (non-hydrogen) atoms. The van der Waals surface area contributed by atoms with E-state index >= 15 is 0 Å². The number of aldehydes is 1. The van der Waals surface area contributed by atoms with E-state index in [0.29, 0.717) is 23.1 Å². The molecule has 1 aliphatic rings. The average Bonchev–Trinajstić information content (AvgIpc) is 2.52. The van der Waals surface area contributed by atoms with Crippen molar-refractivity contribution in [1.29, 1.82) is 0 Å². The molecular formula is C17H13F3O2. The molecule has 0 spiro atoms. The van der Waals surface area contributed by atoms with E-state index in [4.69, 9.17) is 4.74 Å². The molecule has 1 heterocycles. The summed E-state index contributed by atoms with van der Waals surface area (Å²) in [6, 6.07) is 4.63. The predicted octanol–water partition coefficient (Wildman–Crippen LogP) is 4.57. The van der Waals surface area contributed by atoms with Crippen molar-refractivity contribution in [2.75, 3.05) is 0 Å². The van der Waals surface area contributed by atoms with Gasteiger partial charge in [-0.2, -0.15) is 4.39 Å². The maximum atomic E-state index is 14.4. The van der Waals surface area contributed by atoms with Gasteiger partial charge in [0.2, 0.25) is 5.82 Å². The minimum Gasteiger partial charge on any atom is -0.450 e. The van der Waals surface area contributed by atoms with E-state index in [-0.39, 0.29) is 29.8 Å². The van der Waals surface area contributed by atoms with E-state index in [9.17, 15) is 18.0 Å². The first-order chi connectivity index (χ1) is 10.6. The number of fused-ring (bicyclic) bond motifs is 2. The van der Waals surface area contributed by atoms with Gasteiger partial charge < -0.3 is 4.74 Å². The van der Waals surface area contributed by atoms with E-state index < -0.39 is 17.5 Å². The van der Waals surface area contributed by atoms with E-state index in [1.165, 1.54) is 6.07 Å². The molecule has 0 aromatic heterocycles. The Morgan fingerprint density at radius 1 is 1.09 bits per heavy atom. The lowest BCUT2D eigenvalue weighted by atomic mass is 9.96. The smallest absolute Gasteiger partial charge is 0.202 e. The van der Waals surface area contributed by atoms with Crippen molar-refractivity contribution in [3.05, 3.63) is 57.9 Å². The van der Waals surface area contributed by atoms with Crippen molar-refractivity contribution >= 4 is 6.29 Å². The van der Waals surface area contributed by atoms with Gasteiger partial charge in [-0.1, -0.05) is 25.5 Å². The summed E-state index contributed by atoms with van der Waals surface area (Å²) < 4.78 is 47.4. The first kappa shape index (κ1) is 14.6. The van der Waals surface area contributed by atoms with E-state index in [1.54, 1.807) is 12.1 Å². The quantitative estimate of drug-likeness (QED) is 0.663. The molecule has 2 nitrogen and oxygen atoms in total. The van der Waals surface area contributed by atoms with Gasteiger partial charge in [0.25, 0.3) is 0 Å². The van der Waals surface area contributed by atoms with E-state index in [1.807, 2.05) is 6.92 Å². The first-order valence-electron chi connectivity index (χ1n) is 7.01. The van der Waals surface area contributed by atoms with Gasteiger partial charge in [-0.25, -0.2) is 8.78 Å². The molecule has 2 aromatic carbocycles. The van der Waals surface area contributed by atoms with Crippen LogP contribution in [0, 0.1) is 17.5 Å². The van der Waals surface area contributed by atoms with E-state index in [2.05, 4.69) is 0 Å². The lowest BCUT2D eigenvalue weighted by Crippen LogP contribution is -2.10. The van der Waals surface area contributed by atoms with Crippen molar-refractivity contribution in [2.45, 2.75) is 26.2 Å². The summed E-state index contributed by atoms with van der Waals surface area (Å²) in [6.07, 6.45) is 1.74. The number of rotatable bonds is 3. The second-order valence-electron chi connectivity index (χ2n) is 5.26. The van der Waals surface area contributed by atoms with Gasteiger partial charge in [0.15, 0.2) is 29.4 Å². The second kappa shape index (κ2) is 5.48. The summed E-state index contributed by atoms with van der Waals surface area (Å²) in [7, 11) is 0. The largest absolute Gasteiger partial charge is 0.450 e. The highest BCUT2D eigenvalue weighted by Crippen LogP contribution is 2.41. The highest BCUT2D eigenvalue weighted by Gasteiger charge is 2.28. The number of hydrogen-bond donors (Lipinski definition) is 0. The Labute approximate surface area is 125 Å². The third-order valence-corrected chi connectivity index (χ3v) is 3.76. The van der Waals surface area contributed by atoms with Gasteiger partial charge in [0.1, 0.15) is 0 Å². The van der Waals surface area contributed by atoms with Crippen LogP contribution in [0.1, 0.15) is 40.4 Å². The predicted molar refractivity (Wildman–Crippen MR) is 75.0 cm³/mol. The number of hydrogen-bond acceptors (Lipinski definition) is 2. The molecule has 0 unspecified atom stereocenters. The van der Waals surface area contributed by atoms with Gasteiger partial charge in [0.05, 0.1) is 5.56 Å². The normalized spacial score (nSPS) is 12.4. The fraction of sp³-hybridized carbons (Fsp3) is 0.235. The highest BCUT2D eigenvalue weighted by molar-refractivity contribution is 5.77. The molecule has 2 aromatic rings. The van der Waals surface area contributed by atoms with Gasteiger partial charge in [-0.15, -0.1) is 0 Å². The first-order valence-corrected chi connectivity index (χ1v) is 7.01. The molecule has 0 amide bonds.